The number of rotatable bonds is 4. The summed E-state index contributed by atoms with van der Waals surface area (Å²) in [4.78, 5) is 24.3. The first-order valence-electron chi connectivity index (χ1n) is 5.86. The van der Waals surface area contributed by atoms with Gasteiger partial charge in [0.2, 0.25) is 0 Å². The fourth-order valence-electron chi connectivity index (χ4n) is 2.02. The van der Waals surface area contributed by atoms with Crippen LogP contribution in [0.4, 0.5) is 5.69 Å². The van der Waals surface area contributed by atoms with Gasteiger partial charge in [-0.1, -0.05) is 18.2 Å². The number of para-hydroxylation sites is 1. The van der Waals surface area contributed by atoms with Gasteiger partial charge in [0.25, 0.3) is 5.91 Å². The Labute approximate surface area is 116 Å². The Bertz CT molecular complexity index is 532. The number of carboxylic acid groups (broad SMARTS) is 1. The molecular weight excluding hydrogens is 264 g/mol. The van der Waals surface area contributed by atoms with Gasteiger partial charge in [-0.05, 0) is 44.1 Å². The average Bonchev–Trinajstić information content (AvgIpc) is 2.59. The van der Waals surface area contributed by atoms with E-state index in [0.717, 1.165) is 0 Å². The summed E-state index contributed by atoms with van der Waals surface area (Å²) in [7, 11) is 0. The second-order valence-corrected chi connectivity index (χ2v) is 5.00. The third kappa shape index (κ3) is 2.58. The zero-order valence-electron chi connectivity index (χ0n) is 10.4. The van der Waals surface area contributed by atoms with E-state index in [1.165, 1.54) is 4.90 Å². The maximum Gasteiger partial charge on any atom is 0.258 e. The van der Waals surface area contributed by atoms with E-state index in [2.05, 4.69) is 5.32 Å². The number of anilines is 1. The highest BCUT2D eigenvalue weighted by molar-refractivity contribution is 7.80. The lowest BCUT2D eigenvalue weighted by Crippen LogP contribution is -2.45. The highest BCUT2D eigenvalue weighted by Gasteiger charge is 2.45. The lowest BCUT2D eigenvalue weighted by Gasteiger charge is -2.22. The van der Waals surface area contributed by atoms with Crippen LogP contribution in [0.1, 0.15) is 19.8 Å². The number of carbonyl (C=O) groups is 2. The minimum absolute atomic E-state index is 0.137. The molecule has 5 nitrogen and oxygen atoms in total. The van der Waals surface area contributed by atoms with E-state index < -0.39 is 11.5 Å². The van der Waals surface area contributed by atoms with E-state index in [1.807, 2.05) is 18.2 Å². The summed E-state index contributed by atoms with van der Waals surface area (Å²) in [5.41, 5.74) is -0.324. The molecule has 1 saturated heterocycles. The largest absolute Gasteiger partial charge is 0.550 e. The summed E-state index contributed by atoms with van der Waals surface area (Å²) in [5.74, 6) is -1.43. The number of nitrogens with one attached hydrogen (secondary N) is 1. The molecule has 19 heavy (non-hydrogen) atoms. The third-order valence-electron chi connectivity index (χ3n) is 3.10. The fourth-order valence-corrected chi connectivity index (χ4v) is 2.43. The molecule has 2 rings (SSSR count). The molecule has 1 aromatic carbocycles. The molecule has 0 spiro atoms. The molecule has 1 amide bonds. The molecule has 0 aliphatic carbocycles. The molecular formula is C13H13N2O3S-. The molecule has 6 heteroatoms. The van der Waals surface area contributed by atoms with Gasteiger partial charge in [-0.2, -0.15) is 0 Å². The topological polar surface area (TPSA) is 72.5 Å². The smallest absolute Gasteiger partial charge is 0.258 e. The van der Waals surface area contributed by atoms with Gasteiger partial charge in [0.05, 0.1) is 5.69 Å². The molecule has 1 N–H and O–H groups in total. The Balaban J connectivity index is 2.23. The van der Waals surface area contributed by atoms with Crippen molar-refractivity contribution in [2.45, 2.75) is 25.3 Å². The molecule has 1 atom stereocenters. The molecule has 1 heterocycles. The summed E-state index contributed by atoms with van der Waals surface area (Å²) in [5, 5.41) is 13.7. The first-order chi connectivity index (χ1) is 8.94. The van der Waals surface area contributed by atoms with Crippen LogP contribution in [0.5, 0.6) is 0 Å². The Morgan fingerprint density at radius 3 is 2.63 bits per heavy atom. The first kappa shape index (κ1) is 13.5. The highest BCUT2D eigenvalue weighted by Crippen LogP contribution is 2.27. The van der Waals surface area contributed by atoms with Gasteiger partial charge < -0.3 is 15.2 Å². The highest BCUT2D eigenvalue weighted by atomic mass is 32.1. The first-order valence-corrected chi connectivity index (χ1v) is 6.26. The monoisotopic (exact) mass is 277 g/mol. The number of benzene rings is 1. The van der Waals surface area contributed by atoms with Crippen molar-refractivity contribution in [1.29, 1.82) is 0 Å². The van der Waals surface area contributed by atoms with Crippen molar-refractivity contribution in [1.82, 2.24) is 5.32 Å². The molecule has 0 aromatic heterocycles. The third-order valence-corrected chi connectivity index (χ3v) is 3.39. The average molecular weight is 277 g/mol. The lowest BCUT2D eigenvalue weighted by molar-refractivity contribution is -0.306. The zero-order valence-corrected chi connectivity index (χ0v) is 11.2. The van der Waals surface area contributed by atoms with Crippen LogP contribution < -0.4 is 15.3 Å². The number of carbonyl (C=O) groups excluding carboxylic acids is 2. The van der Waals surface area contributed by atoms with Gasteiger partial charge in [-0.3, -0.25) is 9.69 Å². The number of hydrogen-bond donors (Lipinski definition) is 1. The van der Waals surface area contributed by atoms with E-state index in [1.54, 1.807) is 19.1 Å². The second-order valence-electron chi connectivity index (χ2n) is 4.61. The minimum atomic E-state index is -1.18. The summed E-state index contributed by atoms with van der Waals surface area (Å²) in [6.45, 7) is 1.65. The Morgan fingerprint density at radius 2 is 2.05 bits per heavy atom. The second kappa shape index (κ2) is 4.97. The van der Waals surface area contributed by atoms with E-state index in [4.69, 9.17) is 12.2 Å². The molecule has 0 bridgehead atoms. The van der Waals surface area contributed by atoms with Crippen LogP contribution in [-0.2, 0) is 9.59 Å². The number of nitrogens with zero attached hydrogens (tertiary/aromatic N) is 1. The van der Waals surface area contributed by atoms with Gasteiger partial charge in [-0.25, -0.2) is 0 Å². The molecule has 0 saturated carbocycles. The van der Waals surface area contributed by atoms with Crippen LogP contribution in [0.3, 0.4) is 0 Å². The summed E-state index contributed by atoms with van der Waals surface area (Å²) < 4.78 is 0. The van der Waals surface area contributed by atoms with Crippen LogP contribution in [0.15, 0.2) is 30.3 Å². The number of thiocarbonyl (C=S) groups is 1. The number of amides is 1. The van der Waals surface area contributed by atoms with Gasteiger partial charge in [0.1, 0.15) is 5.54 Å². The molecule has 1 aliphatic heterocycles. The molecule has 1 fully saturated rings. The van der Waals surface area contributed by atoms with Crippen LogP contribution >= 0.6 is 12.2 Å². The summed E-state index contributed by atoms with van der Waals surface area (Å²) >= 11 is 5.16. The predicted octanol–water partition coefficient (Wildman–Crippen LogP) is 0.196. The molecule has 0 unspecified atom stereocenters. The number of aliphatic carboxylic acids is 1. The number of carboxylic acids is 1. The van der Waals surface area contributed by atoms with Gasteiger partial charge in [-0.15, -0.1) is 0 Å². The van der Waals surface area contributed by atoms with Crippen molar-refractivity contribution in [3.63, 3.8) is 0 Å². The van der Waals surface area contributed by atoms with Crippen LogP contribution in [0.25, 0.3) is 0 Å². The standard InChI is InChI=1S/C13H14N2O3S/c1-13(8-7-10(16)17)11(18)15(12(19)14-13)9-5-3-2-4-6-9/h2-6H,7-8H2,1H3,(H,14,19)(H,16,17)/p-1/t13-/m1/s1. The Morgan fingerprint density at radius 1 is 1.42 bits per heavy atom. The van der Waals surface area contributed by atoms with Crippen molar-refractivity contribution >= 4 is 34.9 Å². The van der Waals surface area contributed by atoms with Gasteiger partial charge >= 0.3 is 0 Å². The molecule has 0 radical (unpaired) electrons. The number of hydrogen-bond acceptors (Lipinski definition) is 4. The molecule has 1 aliphatic rings. The van der Waals surface area contributed by atoms with Crippen molar-refractivity contribution in [2.75, 3.05) is 4.90 Å². The van der Waals surface area contributed by atoms with E-state index in [9.17, 15) is 14.7 Å². The molecule has 1 aromatic rings. The fraction of sp³-hybridized carbons (Fsp3) is 0.308. The zero-order chi connectivity index (χ0) is 14.0. The SMILES string of the molecule is C[C@]1(CCC(=O)[O-])NC(=S)N(c2ccccc2)C1=O. The quantitative estimate of drug-likeness (QED) is 0.796. The Hall–Kier alpha value is -1.95. The van der Waals surface area contributed by atoms with E-state index in [0.29, 0.717) is 5.69 Å². The lowest BCUT2D eigenvalue weighted by atomic mass is 9.96. The van der Waals surface area contributed by atoms with Gasteiger partial charge in [0.15, 0.2) is 5.11 Å². The predicted molar refractivity (Wildman–Crippen MR) is 72.3 cm³/mol. The van der Waals surface area contributed by atoms with Crippen LogP contribution in [0, 0.1) is 0 Å². The van der Waals surface area contributed by atoms with Crippen molar-refractivity contribution < 1.29 is 14.7 Å². The Kier molecular flexibility index (Phi) is 3.53. The van der Waals surface area contributed by atoms with Crippen molar-refractivity contribution in [2.24, 2.45) is 0 Å². The van der Waals surface area contributed by atoms with Crippen molar-refractivity contribution in [3.05, 3.63) is 30.3 Å². The van der Waals surface area contributed by atoms with E-state index >= 15 is 0 Å². The maximum atomic E-state index is 12.4. The summed E-state index contributed by atoms with van der Waals surface area (Å²) in [6.07, 6.45) is -0.0574. The van der Waals surface area contributed by atoms with Crippen LogP contribution in [-0.4, -0.2) is 22.5 Å². The van der Waals surface area contributed by atoms with E-state index in [-0.39, 0.29) is 23.9 Å². The minimum Gasteiger partial charge on any atom is -0.550 e. The maximum absolute atomic E-state index is 12.4. The van der Waals surface area contributed by atoms with Crippen LogP contribution in [0.2, 0.25) is 0 Å². The molecule has 100 valence electrons. The summed E-state index contributed by atoms with van der Waals surface area (Å²) in [6, 6.07) is 9.01. The van der Waals surface area contributed by atoms with Crippen molar-refractivity contribution in [3.8, 4) is 0 Å². The normalized spacial score (nSPS) is 22.5. The van der Waals surface area contributed by atoms with Gasteiger partial charge in [0, 0.05) is 5.97 Å².